The highest BCUT2D eigenvalue weighted by Gasteiger charge is 2.34. The number of aliphatic carboxylic acids is 1. The predicted octanol–water partition coefficient (Wildman–Crippen LogP) is 3.05. The smallest absolute Gasteiger partial charge is 0.326 e. The topological polar surface area (TPSA) is 85.4 Å². The summed E-state index contributed by atoms with van der Waals surface area (Å²) >= 11 is 0. The highest BCUT2D eigenvalue weighted by molar-refractivity contribution is 5.82. The van der Waals surface area contributed by atoms with Gasteiger partial charge in [0.15, 0.2) is 5.82 Å². The molecule has 0 aliphatic carbocycles. The van der Waals surface area contributed by atoms with Crippen molar-refractivity contribution in [2.75, 3.05) is 18.1 Å². The molecular formula is C21H23N5O3. The summed E-state index contributed by atoms with van der Waals surface area (Å²) in [6.45, 7) is 6.21. The maximum atomic E-state index is 11.4. The number of rotatable bonds is 4. The first kappa shape index (κ1) is 17.8. The molecule has 1 saturated heterocycles. The molecule has 1 N–H and O–H groups in total. The van der Waals surface area contributed by atoms with Gasteiger partial charge in [0.05, 0.1) is 12.2 Å². The van der Waals surface area contributed by atoms with E-state index >= 15 is 0 Å². The third-order valence-electron chi connectivity index (χ3n) is 5.68. The third kappa shape index (κ3) is 2.86. The summed E-state index contributed by atoms with van der Waals surface area (Å²) in [5.41, 5.74) is 3.98. The molecule has 2 aliphatic rings. The van der Waals surface area contributed by atoms with Crippen LogP contribution in [0.15, 0.2) is 36.8 Å². The van der Waals surface area contributed by atoms with Crippen LogP contribution >= 0.6 is 0 Å². The average molecular weight is 393 g/mol. The lowest BCUT2D eigenvalue weighted by Crippen LogP contribution is -2.52. The van der Waals surface area contributed by atoms with Gasteiger partial charge in [0.1, 0.15) is 24.7 Å². The van der Waals surface area contributed by atoms with Gasteiger partial charge in [-0.15, -0.1) is 0 Å². The van der Waals surface area contributed by atoms with Crippen LogP contribution < -0.4 is 9.64 Å². The Balaban J connectivity index is 1.53. The molecule has 4 heterocycles. The lowest BCUT2D eigenvalue weighted by Gasteiger charge is -2.40. The molecule has 29 heavy (non-hydrogen) atoms. The molecule has 0 bridgehead atoms. The summed E-state index contributed by atoms with van der Waals surface area (Å²) in [6, 6.07) is 7.87. The van der Waals surface area contributed by atoms with Crippen molar-refractivity contribution in [1.29, 1.82) is 0 Å². The van der Waals surface area contributed by atoms with Gasteiger partial charge >= 0.3 is 5.97 Å². The van der Waals surface area contributed by atoms with Crippen molar-refractivity contribution in [3.8, 4) is 28.4 Å². The van der Waals surface area contributed by atoms with Gasteiger partial charge in [-0.2, -0.15) is 5.10 Å². The van der Waals surface area contributed by atoms with E-state index in [9.17, 15) is 9.90 Å². The quantitative estimate of drug-likeness (QED) is 0.733. The molecular weight excluding hydrogens is 370 g/mol. The van der Waals surface area contributed by atoms with Crippen LogP contribution in [0.1, 0.15) is 26.3 Å². The molecule has 0 amide bonds. The van der Waals surface area contributed by atoms with Crippen LogP contribution in [-0.2, 0) is 11.3 Å². The molecule has 5 rings (SSSR count). The average Bonchev–Trinajstić information content (AvgIpc) is 3.24. The standard InChI is InChI=1S/C21H23N5O3/c1-13(2)26-20(22-12-23-26)14-9-18-16-4-3-15(25-6-5-17(25)21(27)28)10-19(16)29-8-7-24(18)11-14/h3-4,9-13,17H,5-8H2,1-2H3,(H,27,28)/t17-/m0/s1. The number of hydrogen-bond donors (Lipinski definition) is 1. The molecule has 0 spiro atoms. The zero-order chi connectivity index (χ0) is 20.1. The van der Waals surface area contributed by atoms with Gasteiger partial charge in [0.2, 0.25) is 0 Å². The zero-order valence-corrected chi connectivity index (χ0v) is 16.4. The molecule has 8 nitrogen and oxygen atoms in total. The van der Waals surface area contributed by atoms with Gasteiger partial charge in [-0.25, -0.2) is 14.5 Å². The SMILES string of the molecule is CC(C)n1ncnc1-c1cc2n(c1)CCOc1cc(N3CC[C@H]3C(=O)O)ccc1-2. The van der Waals surface area contributed by atoms with Crippen molar-refractivity contribution in [1.82, 2.24) is 19.3 Å². The molecule has 0 saturated carbocycles. The van der Waals surface area contributed by atoms with Crippen LogP contribution in [0.3, 0.4) is 0 Å². The number of fused-ring (bicyclic) bond motifs is 3. The van der Waals surface area contributed by atoms with Crippen LogP contribution in [0.2, 0.25) is 0 Å². The Hall–Kier alpha value is -3.29. The van der Waals surface area contributed by atoms with Crippen LogP contribution in [0.4, 0.5) is 5.69 Å². The van der Waals surface area contributed by atoms with Gasteiger partial charge in [-0.05, 0) is 38.5 Å². The van der Waals surface area contributed by atoms with E-state index in [0.29, 0.717) is 13.0 Å². The second-order valence-corrected chi connectivity index (χ2v) is 7.79. The molecule has 2 aliphatic heterocycles. The number of carboxylic acid groups (broad SMARTS) is 1. The fraction of sp³-hybridized carbons (Fsp3) is 0.381. The Morgan fingerprint density at radius 3 is 2.86 bits per heavy atom. The summed E-state index contributed by atoms with van der Waals surface area (Å²) in [7, 11) is 0. The molecule has 0 radical (unpaired) electrons. The van der Waals surface area contributed by atoms with Crippen molar-refractivity contribution in [2.45, 2.75) is 38.9 Å². The molecule has 0 unspecified atom stereocenters. The maximum absolute atomic E-state index is 11.4. The number of ether oxygens (including phenoxy) is 1. The monoisotopic (exact) mass is 393 g/mol. The van der Waals surface area contributed by atoms with Crippen LogP contribution in [-0.4, -0.2) is 49.6 Å². The summed E-state index contributed by atoms with van der Waals surface area (Å²) in [5, 5.41) is 13.7. The summed E-state index contributed by atoms with van der Waals surface area (Å²) < 4.78 is 10.1. The number of aromatic nitrogens is 4. The van der Waals surface area contributed by atoms with E-state index < -0.39 is 12.0 Å². The fourth-order valence-corrected chi connectivity index (χ4v) is 4.11. The predicted molar refractivity (Wildman–Crippen MR) is 108 cm³/mol. The van der Waals surface area contributed by atoms with E-state index in [1.807, 2.05) is 27.8 Å². The third-order valence-corrected chi connectivity index (χ3v) is 5.68. The number of carboxylic acids is 1. The molecule has 150 valence electrons. The van der Waals surface area contributed by atoms with E-state index in [1.54, 1.807) is 6.33 Å². The first-order valence-electron chi connectivity index (χ1n) is 9.89. The zero-order valence-electron chi connectivity index (χ0n) is 16.4. The lowest BCUT2D eigenvalue weighted by molar-refractivity contribution is -0.139. The number of hydrogen-bond acceptors (Lipinski definition) is 5. The Morgan fingerprint density at radius 1 is 1.28 bits per heavy atom. The van der Waals surface area contributed by atoms with Crippen molar-refractivity contribution in [3.05, 3.63) is 36.8 Å². The molecule has 1 fully saturated rings. The van der Waals surface area contributed by atoms with E-state index in [0.717, 1.165) is 47.2 Å². The highest BCUT2D eigenvalue weighted by Crippen LogP contribution is 2.39. The minimum atomic E-state index is -0.778. The fourth-order valence-electron chi connectivity index (χ4n) is 4.11. The lowest BCUT2D eigenvalue weighted by atomic mass is 10.0. The molecule has 1 aromatic carbocycles. The van der Waals surface area contributed by atoms with Crippen molar-refractivity contribution in [3.63, 3.8) is 0 Å². The van der Waals surface area contributed by atoms with Crippen LogP contribution in [0, 0.1) is 0 Å². The first-order valence-corrected chi connectivity index (χ1v) is 9.89. The first-order chi connectivity index (χ1) is 14.0. The maximum Gasteiger partial charge on any atom is 0.326 e. The van der Waals surface area contributed by atoms with E-state index in [4.69, 9.17) is 4.74 Å². The molecule has 1 atom stereocenters. The highest BCUT2D eigenvalue weighted by atomic mass is 16.5. The number of anilines is 1. The number of carbonyl (C=O) groups is 1. The van der Waals surface area contributed by atoms with Crippen LogP contribution in [0.25, 0.3) is 22.6 Å². The second-order valence-electron chi connectivity index (χ2n) is 7.79. The number of nitrogens with zero attached hydrogens (tertiary/aromatic N) is 5. The Bertz CT molecular complexity index is 1080. The molecule has 8 heteroatoms. The normalized spacial score (nSPS) is 17.9. The number of benzene rings is 1. The van der Waals surface area contributed by atoms with Crippen molar-refractivity contribution in [2.24, 2.45) is 0 Å². The van der Waals surface area contributed by atoms with E-state index in [2.05, 4.69) is 40.8 Å². The summed E-state index contributed by atoms with van der Waals surface area (Å²) in [4.78, 5) is 17.7. The van der Waals surface area contributed by atoms with E-state index in [-0.39, 0.29) is 6.04 Å². The molecule has 2 aromatic heterocycles. The van der Waals surface area contributed by atoms with Crippen molar-refractivity contribution < 1.29 is 14.6 Å². The largest absolute Gasteiger partial charge is 0.491 e. The Labute approximate surface area is 168 Å². The second kappa shape index (κ2) is 6.65. The minimum Gasteiger partial charge on any atom is -0.491 e. The van der Waals surface area contributed by atoms with Gasteiger partial charge in [0.25, 0.3) is 0 Å². The van der Waals surface area contributed by atoms with Crippen LogP contribution in [0.5, 0.6) is 5.75 Å². The van der Waals surface area contributed by atoms with Gasteiger partial charge in [0, 0.05) is 41.7 Å². The Morgan fingerprint density at radius 2 is 2.14 bits per heavy atom. The summed E-state index contributed by atoms with van der Waals surface area (Å²) in [6.07, 6.45) is 4.37. The van der Waals surface area contributed by atoms with Gasteiger partial charge in [-0.3, -0.25) is 0 Å². The Kier molecular flexibility index (Phi) is 4.08. The van der Waals surface area contributed by atoms with Gasteiger partial charge in [-0.1, -0.05) is 0 Å². The van der Waals surface area contributed by atoms with Gasteiger partial charge < -0.3 is 19.3 Å². The minimum absolute atomic E-state index is 0.226. The summed E-state index contributed by atoms with van der Waals surface area (Å²) in [5.74, 6) is 0.858. The molecule has 3 aromatic rings. The van der Waals surface area contributed by atoms with Crippen molar-refractivity contribution >= 4 is 11.7 Å². The van der Waals surface area contributed by atoms with E-state index in [1.165, 1.54) is 0 Å².